The zero-order chi connectivity index (χ0) is 20.1. The summed E-state index contributed by atoms with van der Waals surface area (Å²) < 4.78 is 14.7. The molecule has 0 radical (unpaired) electrons. The zero-order valence-electron chi connectivity index (χ0n) is 15.7. The number of benzene rings is 1. The molecular formula is C19H20N4O5. The van der Waals surface area contributed by atoms with Crippen molar-refractivity contribution in [1.82, 2.24) is 9.97 Å². The van der Waals surface area contributed by atoms with Crippen molar-refractivity contribution in [2.24, 2.45) is 5.10 Å². The molecule has 0 saturated heterocycles. The summed E-state index contributed by atoms with van der Waals surface area (Å²) in [5.41, 5.74) is 5.41. The molecular weight excluding hydrogens is 364 g/mol. The largest absolute Gasteiger partial charge is 0.515 e. The standard InChI is InChI=1S/C19H20N4O5/c1-4-26-18(24)11(3)22-23-12-6-7-15-13(8-12)14-9-17(20-10-16(14)21-15)28-19(25)27-5-2/h6-10,21,23H,4-5H2,1-3H3. The van der Waals surface area contributed by atoms with Gasteiger partial charge in [-0.1, -0.05) is 0 Å². The molecule has 9 nitrogen and oxygen atoms in total. The van der Waals surface area contributed by atoms with Gasteiger partial charge in [-0.15, -0.1) is 0 Å². The maximum absolute atomic E-state index is 11.6. The van der Waals surface area contributed by atoms with Crippen molar-refractivity contribution < 1.29 is 23.8 Å². The third kappa shape index (κ3) is 4.20. The molecule has 0 bridgehead atoms. The lowest BCUT2D eigenvalue weighted by Gasteiger charge is -2.04. The van der Waals surface area contributed by atoms with Gasteiger partial charge in [0.25, 0.3) is 0 Å². The van der Waals surface area contributed by atoms with E-state index in [1.807, 2.05) is 18.2 Å². The monoisotopic (exact) mass is 384 g/mol. The fraction of sp³-hybridized carbons (Fsp3) is 0.263. The van der Waals surface area contributed by atoms with Crippen LogP contribution in [0.4, 0.5) is 10.5 Å². The van der Waals surface area contributed by atoms with Gasteiger partial charge in [0.1, 0.15) is 5.71 Å². The van der Waals surface area contributed by atoms with Gasteiger partial charge in [-0.2, -0.15) is 5.10 Å². The summed E-state index contributed by atoms with van der Waals surface area (Å²) in [6.07, 6.45) is 0.778. The average molecular weight is 384 g/mol. The molecule has 9 heteroatoms. The number of nitrogens with one attached hydrogen (secondary N) is 2. The second-order valence-corrected chi connectivity index (χ2v) is 5.77. The van der Waals surface area contributed by atoms with Crippen LogP contribution in [0.1, 0.15) is 20.8 Å². The minimum atomic E-state index is -0.805. The van der Waals surface area contributed by atoms with Crippen LogP contribution in [0.2, 0.25) is 0 Å². The Bertz CT molecular complexity index is 1060. The molecule has 28 heavy (non-hydrogen) atoms. The topological polar surface area (TPSA) is 115 Å². The fourth-order valence-electron chi connectivity index (χ4n) is 2.57. The van der Waals surface area contributed by atoms with Crippen molar-refractivity contribution >= 4 is 45.3 Å². The van der Waals surface area contributed by atoms with E-state index in [1.165, 1.54) is 0 Å². The summed E-state index contributed by atoms with van der Waals surface area (Å²) in [7, 11) is 0. The van der Waals surface area contributed by atoms with Crippen LogP contribution in [-0.4, -0.2) is 41.0 Å². The predicted octanol–water partition coefficient (Wildman–Crippen LogP) is 3.60. The van der Waals surface area contributed by atoms with Gasteiger partial charge in [0.05, 0.1) is 30.6 Å². The van der Waals surface area contributed by atoms with Gasteiger partial charge in [-0.3, -0.25) is 5.43 Å². The number of hydrogen-bond acceptors (Lipinski definition) is 8. The van der Waals surface area contributed by atoms with Gasteiger partial charge >= 0.3 is 12.1 Å². The summed E-state index contributed by atoms with van der Waals surface area (Å²) in [6, 6.07) is 7.22. The minimum absolute atomic E-state index is 0.140. The van der Waals surface area contributed by atoms with E-state index in [4.69, 9.17) is 14.2 Å². The highest BCUT2D eigenvalue weighted by atomic mass is 16.7. The summed E-state index contributed by atoms with van der Waals surface area (Å²) in [4.78, 5) is 30.5. The Morgan fingerprint density at radius 2 is 1.86 bits per heavy atom. The Balaban J connectivity index is 1.89. The molecule has 2 heterocycles. The highest BCUT2D eigenvalue weighted by molar-refractivity contribution is 6.35. The van der Waals surface area contributed by atoms with Gasteiger partial charge < -0.3 is 19.2 Å². The van der Waals surface area contributed by atoms with E-state index in [-0.39, 0.29) is 24.8 Å². The SMILES string of the molecule is CCOC(=O)Oc1cc2c(cn1)[nH]c1ccc(NN=C(C)C(=O)OCC)cc12. The van der Waals surface area contributed by atoms with Gasteiger partial charge in [-0.25, -0.2) is 14.6 Å². The molecule has 0 aliphatic rings. The van der Waals surface area contributed by atoms with Crippen molar-refractivity contribution in [2.75, 3.05) is 18.6 Å². The van der Waals surface area contributed by atoms with Gasteiger partial charge in [-0.05, 0) is 39.0 Å². The first-order valence-corrected chi connectivity index (χ1v) is 8.75. The number of ether oxygens (including phenoxy) is 3. The number of hydrazone groups is 1. The van der Waals surface area contributed by atoms with E-state index in [0.717, 1.165) is 21.8 Å². The number of H-pyrrole nitrogens is 1. The number of hydrogen-bond donors (Lipinski definition) is 2. The summed E-state index contributed by atoms with van der Waals surface area (Å²) in [6.45, 7) is 5.50. The maximum atomic E-state index is 11.6. The highest BCUT2D eigenvalue weighted by Gasteiger charge is 2.11. The van der Waals surface area contributed by atoms with Crippen molar-refractivity contribution in [3.8, 4) is 5.88 Å². The highest BCUT2D eigenvalue weighted by Crippen LogP contribution is 2.29. The molecule has 0 unspecified atom stereocenters. The van der Waals surface area contributed by atoms with Crippen LogP contribution in [0.15, 0.2) is 35.6 Å². The fourth-order valence-corrected chi connectivity index (χ4v) is 2.57. The van der Waals surface area contributed by atoms with Gasteiger partial charge in [0.15, 0.2) is 0 Å². The smallest absolute Gasteiger partial charge is 0.461 e. The van der Waals surface area contributed by atoms with E-state index in [1.54, 1.807) is 33.0 Å². The van der Waals surface area contributed by atoms with E-state index in [2.05, 4.69) is 20.5 Å². The quantitative estimate of drug-likeness (QED) is 0.379. The molecule has 0 amide bonds. The molecule has 3 aromatic rings. The first-order valence-electron chi connectivity index (χ1n) is 8.75. The Labute approximate surface area is 160 Å². The number of pyridine rings is 1. The number of aromatic amines is 1. The molecule has 1 aromatic carbocycles. The van der Waals surface area contributed by atoms with Crippen molar-refractivity contribution in [2.45, 2.75) is 20.8 Å². The number of nitrogens with zero attached hydrogens (tertiary/aromatic N) is 2. The summed E-state index contributed by atoms with van der Waals surface area (Å²) in [5.74, 6) is -0.337. The Hall–Kier alpha value is -3.62. The summed E-state index contributed by atoms with van der Waals surface area (Å²) >= 11 is 0. The molecule has 0 spiro atoms. The number of aromatic nitrogens is 2. The molecule has 2 N–H and O–H groups in total. The Morgan fingerprint density at radius 3 is 2.61 bits per heavy atom. The number of rotatable bonds is 6. The molecule has 0 aliphatic carbocycles. The van der Waals surface area contributed by atoms with E-state index in [9.17, 15) is 9.59 Å². The molecule has 0 saturated carbocycles. The van der Waals surface area contributed by atoms with Crippen LogP contribution in [0.25, 0.3) is 21.8 Å². The predicted molar refractivity (Wildman–Crippen MR) is 105 cm³/mol. The maximum Gasteiger partial charge on any atom is 0.515 e. The van der Waals surface area contributed by atoms with Crippen molar-refractivity contribution in [3.63, 3.8) is 0 Å². The summed E-state index contributed by atoms with van der Waals surface area (Å²) in [5, 5.41) is 5.74. The third-order valence-corrected chi connectivity index (χ3v) is 3.83. The molecule has 2 aromatic heterocycles. The van der Waals surface area contributed by atoms with Crippen molar-refractivity contribution in [3.05, 3.63) is 30.5 Å². The zero-order valence-corrected chi connectivity index (χ0v) is 15.7. The Morgan fingerprint density at radius 1 is 1.11 bits per heavy atom. The first kappa shape index (κ1) is 19.2. The molecule has 3 rings (SSSR count). The lowest BCUT2D eigenvalue weighted by Crippen LogP contribution is -2.15. The number of carbonyl (C=O) groups excluding carboxylic acids is 2. The number of fused-ring (bicyclic) bond motifs is 3. The number of esters is 1. The second-order valence-electron chi connectivity index (χ2n) is 5.77. The van der Waals surface area contributed by atoms with E-state index >= 15 is 0 Å². The van der Waals surface area contributed by atoms with Crippen LogP contribution in [0, 0.1) is 0 Å². The molecule has 146 valence electrons. The van der Waals surface area contributed by atoms with Gasteiger partial charge in [0.2, 0.25) is 5.88 Å². The normalized spacial score (nSPS) is 11.5. The average Bonchev–Trinajstić information content (AvgIpc) is 3.03. The van der Waals surface area contributed by atoms with Crippen LogP contribution >= 0.6 is 0 Å². The lowest BCUT2D eigenvalue weighted by atomic mass is 10.1. The molecule has 0 fully saturated rings. The second kappa shape index (κ2) is 8.38. The van der Waals surface area contributed by atoms with E-state index in [0.29, 0.717) is 5.69 Å². The number of anilines is 1. The molecule has 0 atom stereocenters. The number of carbonyl (C=O) groups is 2. The van der Waals surface area contributed by atoms with Crippen LogP contribution in [0.5, 0.6) is 5.88 Å². The van der Waals surface area contributed by atoms with E-state index < -0.39 is 12.1 Å². The minimum Gasteiger partial charge on any atom is -0.461 e. The Kier molecular flexibility index (Phi) is 5.73. The van der Waals surface area contributed by atoms with Crippen molar-refractivity contribution in [1.29, 1.82) is 0 Å². The molecule has 0 aliphatic heterocycles. The van der Waals surface area contributed by atoms with Crippen LogP contribution < -0.4 is 10.2 Å². The first-order chi connectivity index (χ1) is 13.5. The van der Waals surface area contributed by atoms with Gasteiger partial charge in [0, 0.05) is 22.4 Å². The van der Waals surface area contributed by atoms with Crippen LogP contribution in [0.3, 0.4) is 0 Å². The third-order valence-electron chi connectivity index (χ3n) is 3.83. The van der Waals surface area contributed by atoms with Crippen LogP contribution in [-0.2, 0) is 14.3 Å². The lowest BCUT2D eigenvalue weighted by molar-refractivity contribution is -0.135.